The van der Waals surface area contributed by atoms with Gasteiger partial charge in [0.05, 0.1) is 0 Å². The molecule has 3 rings (SSSR count). The van der Waals surface area contributed by atoms with E-state index in [0.29, 0.717) is 5.56 Å². The lowest BCUT2D eigenvalue weighted by Gasteiger charge is -2.38. The quantitative estimate of drug-likeness (QED) is 0.670. The highest BCUT2D eigenvalue weighted by atomic mass is 19.2. The zero-order chi connectivity index (χ0) is 19.4. The molecule has 0 amide bonds. The van der Waals surface area contributed by atoms with Gasteiger partial charge in [-0.2, -0.15) is 4.39 Å². The third-order valence-electron chi connectivity index (χ3n) is 6.81. The summed E-state index contributed by atoms with van der Waals surface area (Å²) in [6, 6.07) is 2.99. The van der Waals surface area contributed by atoms with E-state index in [1.54, 1.807) is 6.07 Å². The van der Waals surface area contributed by atoms with E-state index in [2.05, 4.69) is 6.92 Å². The highest BCUT2D eigenvalue weighted by Gasteiger charge is 2.32. The Morgan fingerprint density at radius 2 is 1.52 bits per heavy atom. The minimum atomic E-state index is -1.71. The van der Waals surface area contributed by atoms with Gasteiger partial charge in [-0.05, 0) is 73.8 Å². The molecule has 2 fully saturated rings. The summed E-state index contributed by atoms with van der Waals surface area (Å²) in [5.74, 6) is 0.352. The number of aliphatic hydroxyl groups is 2. The van der Waals surface area contributed by atoms with Crippen molar-refractivity contribution in [2.24, 2.45) is 17.8 Å². The third-order valence-corrected chi connectivity index (χ3v) is 6.81. The normalized spacial score (nSPS) is 29.1. The molecule has 1 aromatic carbocycles. The Morgan fingerprint density at radius 3 is 2.07 bits per heavy atom. The molecule has 3 nitrogen and oxygen atoms in total. The first-order valence-electron chi connectivity index (χ1n) is 10.5. The SMILES string of the molecule is CCC1CCC(C2CCC(c3ccc(OCC(O)O)c(F)c3F)CC2)CC1. The number of rotatable bonds is 6. The average molecular weight is 382 g/mol. The summed E-state index contributed by atoms with van der Waals surface area (Å²) in [5, 5.41) is 17.6. The van der Waals surface area contributed by atoms with Crippen molar-refractivity contribution >= 4 is 0 Å². The van der Waals surface area contributed by atoms with Gasteiger partial charge in [0.15, 0.2) is 17.9 Å². The zero-order valence-electron chi connectivity index (χ0n) is 16.2. The molecule has 2 aliphatic rings. The van der Waals surface area contributed by atoms with Crippen molar-refractivity contribution in [1.82, 2.24) is 0 Å². The molecule has 0 radical (unpaired) electrons. The first-order chi connectivity index (χ1) is 13.0. The Morgan fingerprint density at radius 1 is 0.926 bits per heavy atom. The molecule has 2 aliphatic carbocycles. The van der Waals surface area contributed by atoms with E-state index in [4.69, 9.17) is 14.9 Å². The van der Waals surface area contributed by atoms with E-state index in [9.17, 15) is 8.78 Å². The Labute approximate surface area is 160 Å². The summed E-state index contributed by atoms with van der Waals surface area (Å²) in [6.07, 6.45) is 8.96. The van der Waals surface area contributed by atoms with Crippen LogP contribution in [0.2, 0.25) is 0 Å². The van der Waals surface area contributed by atoms with E-state index in [0.717, 1.165) is 43.4 Å². The first-order valence-corrected chi connectivity index (χ1v) is 10.5. The van der Waals surface area contributed by atoms with Crippen LogP contribution in [-0.4, -0.2) is 23.1 Å². The number of benzene rings is 1. The maximum Gasteiger partial charge on any atom is 0.200 e. The van der Waals surface area contributed by atoms with Gasteiger partial charge in [-0.3, -0.25) is 0 Å². The second kappa shape index (κ2) is 9.33. The third kappa shape index (κ3) is 5.00. The Balaban J connectivity index is 1.57. The van der Waals surface area contributed by atoms with Gasteiger partial charge in [-0.1, -0.05) is 32.3 Å². The minimum absolute atomic E-state index is 0.0558. The molecule has 0 saturated heterocycles. The molecule has 152 valence electrons. The number of hydrogen-bond acceptors (Lipinski definition) is 3. The lowest BCUT2D eigenvalue weighted by atomic mass is 9.68. The van der Waals surface area contributed by atoms with E-state index in [-0.39, 0.29) is 11.7 Å². The molecule has 0 atom stereocenters. The summed E-state index contributed by atoms with van der Waals surface area (Å²) < 4.78 is 33.7. The maximum absolute atomic E-state index is 14.5. The molecule has 2 N–H and O–H groups in total. The van der Waals surface area contributed by atoms with Crippen LogP contribution in [0.25, 0.3) is 0 Å². The molecule has 0 spiro atoms. The smallest absolute Gasteiger partial charge is 0.200 e. The molecule has 5 heteroatoms. The van der Waals surface area contributed by atoms with Crippen LogP contribution in [0.15, 0.2) is 12.1 Å². The van der Waals surface area contributed by atoms with Crippen LogP contribution in [0.1, 0.15) is 76.2 Å². The number of hydrogen-bond donors (Lipinski definition) is 2. The molecule has 0 aromatic heterocycles. The summed E-state index contributed by atoms with van der Waals surface area (Å²) in [7, 11) is 0. The van der Waals surface area contributed by atoms with Crippen LogP contribution in [0.4, 0.5) is 8.78 Å². The number of aliphatic hydroxyl groups excluding tert-OH is 1. The predicted octanol–water partition coefficient (Wildman–Crippen LogP) is 5.14. The van der Waals surface area contributed by atoms with Crippen LogP contribution in [0.5, 0.6) is 5.75 Å². The van der Waals surface area contributed by atoms with Crippen LogP contribution in [0.3, 0.4) is 0 Å². The topological polar surface area (TPSA) is 49.7 Å². The van der Waals surface area contributed by atoms with Crippen LogP contribution in [-0.2, 0) is 0 Å². The highest BCUT2D eigenvalue weighted by molar-refractivity contribution is 5.33. The minimum Gasteiger partial charge on any atom is -0.485 e. The van der Waals surface area contributed by atoms with E-state index >= 15 is 0 Å². The lowest BCUT2D eigenvalue weighted by Crippen LogP contribution is -2.25. The lowest BCUT2D eigenvalue weighted by molar-refractivity contribution is -0.0687. The van der Waals surface area contributed by atoms with Gasteiger partial charge < -0.3 is 14.9 Å². The number of ether oxygens (including phenoxy) is 1. The van der Waals surface area contributed by atoms with Crippen LogP contribution in [0, 0.1) is 29.4 Å². The second-order valence-corrected chi connectivity index (χ2v) is 8.37. The fourth-order valence-electron chi connectivity index (χ4n) is 5.11. The Bertz CT molecular complexity index is 604. The first kappa shape index (κ1) is 20.5. The summed E-state index contributed by atoms with van der Waals surface area (Å²) in [5.41, 5.74) is 0.428. The van der Waals surface area contributed by atoms with Crippen molar-refractivity contribution in [3.63, 3.8) is 0 Å². The zero-order valence-corrected chi connectivity index (χ0v) is 16.2. The van der Waals surface area contributed by atoms with Crippen molar-refractivity contribution in [3.8, 4) is 5.75 Å². The molecule has 1 aromatic rings. The summed E-state index contributed by atoms with van der Waals surface area (Å²) in [6.45, 7) is 1.80. The molecule has 0 bridgehead atoms. The van der Waals surface area contributed by atoms with Gasteiger partial charge in [-0.25, -0.2) is 4.39 Å². The van der Waals surface area contributed by atoms with E-state index in [1.165, 1.54) is 38.2 Å². The van der Waals surface area contributed by atoms with E-state index in [1.807, 2.05) is 0 Å². The molecule has 0 unspecified atom stereocenters. The van der Waals surface area contributed by atoms with Crippen molar-refractivity contribution in [2.75, 3.05) is 6.61 Å². The van der Waals surface area contributed by atoms with E-state index < -0.39 is 24.5 Å². The van der Waals surface area contributed by atoms with Gasteiger partial charge >= 0.3 is 0 Å². The monoisotopic (exact) mass is 382 g/mol. The molecule has 27 heavy (non-hydrogen) atoms. The van der Waals surface area contributed by atoms with Crippen LogP contribution < -0.4 is 4.74 Å². The highest BCUT2D eigenvalue weighted by Crippen LogP contribution is 2.45. The molecule has 0 aliphatic heterocycles. The summed E-state index contributed by atoms with van der Waals surface area (Å²) in [4.78, 5) is 0. The second-order valence-electron chi connectivity index (χ2n) is 8.37. The standard InChI is InChI=1S/C22H32F2O3/c1-2-14-3-5-15(6-4-14)16-7-9-17(10-8-16)18-11-12-19(22(24)21(18)23)27-13-20(25)26/h11-12,14-17,20,25-26H,2-10,13H2,1H3. The molecule has 2 saturated carbocycles. The fraction of sp³-hybridized carbons (Fsp3) is 0.727. The molecule has 0 heterocycles. The maximum atomic E-state index is 14.5. The van der Waals surface area contributed by atoms with Crippen LogP contribution >= 0.6 is 0 Å². The molecular formula is C22H32F2O3. The van der Waals surface area contributed by atoms with Gasteiger partial charge in [-0.15, -0.1) is 0 Å². The van der Waals surface area contributed by atoms with Gasteiger partial charge in [0.2, 0.25) is 5.82 Å². The Kier molecular flexibility index (Phi) is 7.10. The molecular weight excluding hydrogens is 350 g/mol. The van der Waals surface area contributed by atoms with Gasteiger partial charge in [0.1, 0.15) is 6.61 Å². The largest absolute Gasteiger partial charge is 0.485 e. The van der Waals surface area contributed by atoms with Gasteiger partial charge in [0, 0.05) is 0 Å². The van der Waals surface area contributed by atoms with Gasteiger partial charge in [0.25, 0.3) is 0 Å². The predicted molar refractivity (Wildman–Crippen MR) is 101 cm³/mol. The Hall–Kier alpha value is -1.20. The average Bonchev–Trinajstić information content (AvgIpc) is 2.69. The fourth-order valence-corrected chi connectivity index (χ4v) is 5.11. The van der Waals surface area contributed by atoms with Crippen molar-refractivity contribution in [3.05, 3.63) is 29.3 Å². The van der Waals surface area contributed by atoms with Crippen molar-refractivity contribution in [2.45, 2.75) is 76.9 Å². The number of halogens is 2. The summed E-state index contributed by atoms with van der Waals surface area (Å²) >= 11 is 0. The van der Waals surface area contributed by atoms with Crippen molar-refractivity contribution in [1.29, 1.82) is 0 Å². The van der Waals surface area contributed by atoms with Crippen molar-refractivity contribution < 1.29 is 23.7 Å².